The molecule has 0 saturated heterocycles. The maximum atomic E-state index is 10.8. The van der Waals surface area contributed by atoms with Crippen LogP contribution in [0.2, 0.25) is 0 Å². The van der Waals surface area contributed by atoms with Crippen molar-refractivity contribution in [3.63, 3.8) is 0 Å². The summed E-state index contributed by atoms with van der Waals surface area (Å²) in [5.41, 5.74) is 6.85. The van der Waals surface area contributed by atoms with Crippen LogP contribution in [0, 0.1) is 0 Å². The number of aliphatic hydroxyl groups is 1. The van der Waals surface area contributed by atoms with E-state index < -0.39 is 6.10 Å². The summed E-state index contributed by atoms with van der Waals surface area (Å²) >= 11 is 0. The first-order valence-corrected chi connectivity index (χ1v) is 9.77. The molecular formula is C26H28O. The fourth-order valence-electron chi connectivity index (χ4n) is 3.33. The Morgan fingerprint density at radius 3 is 2.37 bits per heavy atom. The van der Waals surface area contributed by atoms with Crippen LogP contribution in [0.3, 0.4) is 0 Å². The molecule has 1 aliphatic rings. The monoisotopic (exact) mass is 356 g/mol. The highest BCUT2D eigenvalue weighted by Crippen LogP contribution is 2.27. The Balaban J connectivity index is 1.77. The van der Waals surface area contributed by atoms with Crippen LogP contribution in [0.4, 0.5) is 0 Å². The Morgan fingerprint density at radius 1 is 1.00 bits per heavy atom. The van der Waals surface area contributed by atoms with Crippen molar-refractivity contribution in [3.05, 3.63) is 107 Å². The quantitative estimate of drug-likeness (QED) is 0.559. The molecule has 1 aliphatic carbocycles. The van der Waals surface area contributed by atoms with E-state index in [9.17, 15) is 5.11 Å². The zero-order chi connectivity index (χ0) is 19.1. The summed E-state index contributed by atoms with van der Waals surface area (Å²) in [6.07, 6.45) is 13.3. The summed E-state index contributed by atoms with van der Waals surface area (Å²) in [5, 5.41) is 10.8. The van der Waals surface area contributed by atoms with Crippen molar-refractivity contribution >= 4 is 11.1 Å². The van der Waals surface area contributed by atoms with E-state index in [0.717, 1.165) is 30.4 Å². The fourth-order valence-corrected chi connectivity index (χ4v) is 3.33. The number of allylic oxidation sites excluding steroid dienone is 7. The van der Waals surface area contributed by atoms with Crippen molar-refractivity contribution in [2.45, 2.75) is 39.2 Å². The van der Waals surface area contributed by atoms with E-state index in [0.29, 0.717) is 0 Å². The van der Waals surface area contributed by atoms with Crippen LogP contribution in [0.5, 0.6) is 0 Å². The summed E-state index contributed by atoms with van der Waals surface area (Å²) in [4.78, 5) is 0. The number of hydrogen-bond donors (Lipinski definition) is 1. The van der Waals surface area contributed by atoms with Gasteiger partial charge in [0.15, 0.2) is 0 Å². The molecule has 0 aliphatic heterocycles. The second-order valence-corrected chi connectivity index (χ2v) is 6.97. The molecular weight excluding hydrogens is 328 g/mol. The Hall–Kier alpha value is -2.64. The van der Waals surface area contributed by atoms with Gasteiger partial charge in [0.2, 0.25) is 0 Å². The Labute approximate surface area is 163 Å². The number of hydrogen-bond acceptors (Lipinski definition) is 1. The molecule has 138 valence electrons. The molecule has 0 amide bonds. The SMILES string of the molecule is CC/C(=C\C=C(/C)c1ccccc1)C(O)c1ccc(C2=CCCC=C2)cc1. The van der Waals surface area contributed by atoms with Crippen LogP contribution < -0.4 is 0 Å². The Bertz CT molecular complexity index is 864. The fraction of sp³-hybridized carbons (Fsp3) is 0.231. The van der Waals surface area contributed by atoms with Crippen LogP contribution in [0.15, 0.2) is 90.6 Å². The Morgan fingerprint density at radius 2 is 1.74 bits per heavy atom. The molecule has 2 aromatic rings. The standard InChI is InChI=1S/C26H28O/c1-3-21(15-14-20(2)22-10-6-4-7-11-22)26(27)25-18-16-24(17-19-25)23-12-8-5-9-13-23/h4,6-8,10-19,26-27H,3,5,9H2,1-2H3/b20-14+,21-15+. The number of benzene rings is 2. The van der Waals surface area contributed by atoms with E-state index >= 15 is 0 Å². The average Bonchev–Trinajstić information content (AvgIpc) is 2.75. The molecule has 1 unspecified atom stereocenters. The molecule has 0 bridgehead atoms. The van der Waals surface area contributed by atoms with Gasteiger partial charge in [0, 0.05) is 0 Å². The van der Waals surface area contributed by atoms with Gasteiger partial charge in [0.05, 0.1) is 0 Å². The highest BCUT2D eigenvalue weighted by Gasteiger charge is 2.12. The predicted octanol–water partition coefficient (Wildman–Crippen LogP) is 6.89. The maximum absolute atomic E-state index is 10.8. The van der Waals surface area contributed by atoms with E-state index in [1.807, 2.05) is 30.3 Å². The summed E-state index contributed by atoms with van der Waals surface area (Å²) in [7, 11) is 0. The maximum Gasteiger partial charge on any atom is 0.100 e. The van der Waals surface area contributed by atoms with Crippen molar-refractivity contribution in [2.75, 3.05) is 0 Å². The Kier molecular flexibility index (Phi) is 6.62. The molecule has 0 heterocycles. The van der Waals surface area contributed by atoms with Gasteiger partial charge in [-0.05, 0) is 59.6 Å². The summed E-state index contributed by atoms with van der Waals surface area (Å²) in [6.45, 7) is 4.19. The van der Waals surface area contributed by atoms with Crippen molar-refractivity contribution in [2.24, 2.45) is 0 Å². The van der Waals surface area contributed by atoms with E-state index in [-0.39, 0.29) is 0 Å². The van der Waals surface area contributed by atoms with Gasteiger partial charge in [-0.25, -0.2) is 0 Å². The zero-order valence-electron chi connectivity index (χ0n) is 16.2. The zero-order valence-corrected chi connectivity index (χ0v) is 16.2. The summed E-state index contributed by atoms with van der Waals surface area (Å²) < 4.78 is 0. The topological polar surface area (TPSA) is 20.2 Å². The largest absolute Gasteiger partial charge is 0.384 e. The van der Waals surface area contributed by atoms with Crippen LogP contribution in [0.1, 0.15) is 55.9 Å². The smallest absolute Gasteiger partial charge is 0.100 e. The molecule has 0 radical (unpaired) electrons. The first-order valence-electron chi connectivity index (χ1n) is 9.77. The van der Waals surface area contributed by atoms with Crippen molar-refractivity contribution in [3.8, 4) is 0 Å². The molecule has 0 fully saturated rings. The van der Waals surface area contributed by atoms with Gasteiger partial charge in [-0.1, -0.05) is 91.9 Å². The molecule has 0 aromatic heterocycles. The molecule has 3 rings (SSSR count). The summed E-state index contributed by atoms with van der Waals surface area (Å²) in [6, 6.07) is 18.6. The molecule has 1 N–H and O–H groups in total. The van der Waals surface area contributed by atoms with Gasteiger partial charge in [-0.2, -0.15) is 0 Å². The van der Waals surface area contributed by atoms with Gasteiger partial charge < -0.3 is 5.11 Å². The third-order valence-corrected chi connectivity index (χ3v) is 5.09. The van der Waals surface area contributed by atoms with Crippen LogP contribution in [-0.4, -0.2) is 5.11 Å². The normalized spacial score (nSPS) is 16.2. The molecule has 0 spiro atoms. The minimum Gasteiger partial charge on any atom is -0.384 e. The van der Waals surface area contributed by atoms with E-state index in [1.54, 1.807) is 0 Å². The first kappa shape index (κ1) is 19.1. The molecule has 1 nitrogen and oxygen atoms in total. The van der Waals surface area contributed by atoms with Crippen LogP contribution in [0.25, 0.3) is 11.1 Å². The third-order valence-electron chi connectivity index (χ3n) is 5.09. The second-order valence-electron chi connectivity index (χ2n) is 6.97. The lowest BCUT2D eigenvalue weighted by molar-refractivity contribution is 0.212. The average molecular weight is 357 g/mol. The van der Waals surface area contributed by atoms with Crippen LogP contribution in [-0.2, 0) is 0 Å². The molecule has 0 saturated carbocycles. The number of aliphatic hydroxyl groups excluding tert-OH is 1. The van der Waals surface area contributed by atoms with Gasteiger partial charge >= 0.3 is 0 Å². The lowest BCUT2D eigenvalue weighted by Gasteiger charge is -2.15. The minimum atomic E-state index is -0.570. The molecule has 2 aromatic carbocycles. The highest BCUT2D eigenvalue weighted by atomic mass is 16.3. The molecule has 1 heteroatoms. The van der Waals surface area contributed by atoms with E-state index in [4.69, 9.17) is 0 Å². The van der Waals surface area contributed by atoms with Gasteiger partial charge in [0.1, 0.15) is 6.10 Å². The highest BCUT2D eigenvalue weighted by molar-refractivity contribution is 5.74. The first-order chi connectivity index (χ1) is 13.2. The number of rotatable bonds is 6. The van der Waals surface area contributed by atoms with Crippen molar-refractivity contribution in [1.29, 1.82) is 0 Å². The minimum absolute atomic E-state index is 0.570. The second kappa shape index (κ2) is 9.34. The van der Waals surface area contributed by atoms with Crippen LogP contribution >= 0.6 is 0 Å². The molecule has 27 heavy (non-hydrogen) atoms. The van der Waals surface area contributed by atoms with Crippen molar-refractivity contribution < 1.29 is 5.11 Å². The third kappa shape index (κ3) is 4.96. The lowest BCUT2D eigenvalue weighted by atomic mass is 9.94. The van der Waals surface area contributed by atoms with Gasteiger partial charge in [0.25, 0.3) is 0 Å². The van der Waals surface area contributed by atoms with Gasteiger partial charge in [-0.3, -0.25) is 0 Å². The van der Waals surface area contributed by atoms with E-state index in [2.05, 4.69) is 68.5 Å². The predicted molar refractivity (Wildman–Crippen MR) is 116 cm³/mol. The lowest BCUT2D eigenvalue weighted by Crippen LogP contribution is -2.01. The molecule has 1 atom stereocenters. The summed E-state index contributed by atoms with van der Waals surface area (Å²) in [5.74, 6) is 0. The van der Waals surface area contributed by atoms with Gasteiger partial charge in [-0.15, -0.1) is 0 Å². The van der Waals surface area contributed by atoms with Crippen molar-refractivity contribution in [1.82, 2.24) is 0 Å². The van der Waals surface area contributed by atoms with E-state index in [1.165, 1.54) is 22.3 Å².